The lowest BCUT2D eigenvalue weighted by molar-refractivity contribution is 0.181. The van der Waals surface area contributed by atoms with E-state index in [1.807, 2.05) is 14.0 Å². The summed E-state index contributed by atoms with van der Waals surface area (Å²) >= 11 is 6.07. The topological polar surface area (TPSA) is 12.5 Å². The van der Waals surface area contributed by atoms with Crippen LogP contribution in [0, 0.1) is 12.7 Å². The molecule has 1 aromatic carbocycles. The fraction of sp³-hybridized carbons (Fsp3) is 0.538. The molecule has 0 heterocycles. The van der Waals surface area contributed by atoms with E-state index in [9.17, 15) is 4.39 Å². The fourth-order valence-corrected chi connectivity index (χ4v) is 2.10. The Morgan fingerprint density at radius 3 is 2.82 bits per heavy atom. The van der Waals surface area contributed by atoms with Crippen LogP contribution in [-0.4, -0.2) is 37.6 Å². The third-order valence-electron chi connectivity index (χ3n) is 2.61. The van der Waals surface area contributed by atoms with Crippen molar-refractivity contribution in [2.75, 3.05) is 27.3 Å². The number of alkyl halides is 1. The third kappa shape index (κ3) is 5.02. The lowest BCUT2D eigenvalue weighted by atomic mass is 10.1. The fourth-order valence-electron chi connectivity index (χ4n) is 1.74. The van der Waals surface area contributed by atoms with E-state index in [1.54, 1.807) is 19.2 Å². The zero-order chi connectivity index (χ0) is 12.8. The molecule has 0 N–H and O–H groups in total. The number of aryl methyl sites for hydroxylation is 1. The highest BCUT2D eigenvalue weighted by Gasteiger charge is 2.10. The van der Waals surface area contributed by atoms with Gasteiger partial charge in [0.1, 0.15) is 5.82 Å². The molecule has 0 radical (unpaired) electrons. The molecule has 1 unspecified atom stereocenters. The van der Waals surface area contributed by atoms with Crippen molar-refractivity contribution in [3.63, 3.8) is 0 Å². The molecule has 0 spiro atoms. The van der Waals surface area contributed by atoms with Gasteiger partial charge in [-0.2, -0.15) is 0 Å². The van der Waals surface area contributed by atoms with E-state index < -0.39 is 0 Å². The molecule has 0 aliphatic carbocycles. The summed E-state index contributed by atoms with van der Waals surface area (Å²) in [6, 6.07) is 4.85. The zero-order valence-corrected chi connectivity index (χ0v) is 11.3. The van der Waals surface area contributed by atoms with Gasteiger partial charge in [-0.3, -0.25) is 0 Å². The summed E-state index contributed by atoms with van der Waals surface area (Å²) in [5, 5.41) is -0.0427. The van der Waals surface area contributed by atoms with Crippen molar-refractivity contribution in [3.8, 4) is 0 Å². The molecular formula is C13H19ClFNO. The van der Waals surface area contributed by atoms with Gasteiger partial charge in [0.15, 0.2) is 0 Å². The Balaban J connectivity index is 2.55. The normalized spacial score (nSPS) is 13.1. The number of methoxy groups -OCH3 is 1. The lowest BCUT2D eigenvalue weighted by Crippen LogP contribution is -2.28. The van der Waals surface area contributed by atoms with Crippen LogP contribution in [0.5, 0.6) is 0 Å². The van der Waals surface area contributed by atoms with E-state index in [0.717, 1.165) is 11.1 Å². The Bertz CT molecular complexity index is 359. The summed E-state index contributed by atoms with van der Waals surface area (Å²) in [4.78, 5) is 2.07. The van der Waals surface area contributed by atoms with Crippen LogP contribution in [-0.2, 0) is 11.3 Å². The van der Waals surface area contributed by atoms with Crippen molar-refractivity contribution in [2.45, 2.75) is 18.8 Å². The van der Waals surface area contributed by atoms with E-state index in [0.29, 0.717) is 19.7 Å². The maximum absolute atomic E-state index is 13.1. The Kier molecular flexibility index (Phi) is 5.89. The van der Waals surface area contributed by atoms with Crippen molar-refractivity contribution < 1.29 is 9.13 Å². The molecule has 0 aromatic heterocycles. The number of ether oxygens (including phenoxy) is 1. The molecule has 17 heavy (non-hydrogen) atoms. The third-order valence-corrected chi connectivity index (χ3v) is 2.87. The molecule has 0 bridgehead atoms. The molecular weight excluding hydrogens is 241 g/mol. The molecule has 1 aromatic rings. The molecule has 1 atom stereocenters. The minimum atomic E-state index is -0.196. The van der Waals surface area contributed by atoms with Crippen molar-refractivity contribution >= 4 is 11.6 Å². The number of benzene rings is 1. The summed E-state index contributed by atoms with van der Waals surface area (Å²) in [6.07, 6.45) is 0. The molecule has 0 aliphatic heterocycles. The first kappa shape index (κ1) is 14.4. The van der Waals surface area contributed by atoms with Crippen molar-refractivity contribution in [3.05, 3.63) is 35.1 Å². The summed E-state index contributed by atoms with van der Waals surface area (Å²) in [7, 11) is 3.60. The van der Waals surface area contributed by atoms with Gasteiger partial charge in [0.05, 0.1) is 12.0 Å². The highest BCUT2D eigenvalue weighted by atomic mass is 35.5. The summed E-state index contributed by atoms with van der Waals surface area (Å²) in [5.41, 5.74) is 2.09. The quantitative estimate of drug-likeness (QED) is 0.729. The van der Waals surface area contributed by atoms with Crippen molar-refractivity contribution in [2.24, 2.45) is 0 Å². The molecule has 1 rings (SSSR count). The largest absolute Gasteiger partial charge is 0.383 e. The van der Waals surface area contributed by atoms with Gasteiger partial charge < -0.3 is 9.64 Å². The van der Waals surface area contributed by atoms with E-state index in [4.69, 9.17) is 16.3 Å². The minimum Gasteiger partial charge on any atom is -0.383 e. The summed E-state index contributed by atoms with van der Waals surface area (Å²) in [5.74, 6) is -0.196. The van der Waals surface area contributed by atoms with Gasteiger partial charge >= 0.3 is 0 Å². The second-order valence-electron chi connectivity index (χ2n) is 4.32. The average Bonchev–Trinajstić information content (AvgIpc) is 2.23. The Labute approximate surface area is 107 Å². The number of rotatable bonds is 6. The second kappa shape index (κ2) is 6.94. The zero-order valence-electron chi connectivity index (χ0n) is 10.5. The molecule has 0 amide bonds. The number of nitrogens with zero attached hydrogens (tertiary/aromatic N) is 1. The van der Waals surface area contributed by atoms with Gasteiger partial charge in [-0.1, -0.05) is 6.07 Å². The average molecular weight is 260 g/mol. The van der Waals surface area contributed by atoms with Crippen molar-refractivity contribution in [1.29, 1.82) is 0 Å². The van der Waals surface area contributed by atoms with Gasteiger partial charge in [0.2, 0.25) is 0 Å². The van der Waals surface area contributed by atoms with Gasteiger partial charge in [-0.25, -0.2) is 4.39 Å². The molecule has 0 fully saturated rings. The van der Waals surface area contributed by atoms with Crippen LogP contribution in [0.25, 0.3) is 0 Å². The Morgan fingerprint density at radius 1 is 1.47 bits per heavy atom. The molecule has 4 heteroatoms. The minimum absolute atomic E-state index is 0.0427. The molecule has 0 saturated heterocycles. The van der Waals surface area contributed by atoms with Crippen LogP contribution >= 0.6 is 11.6 Å². The van der Waals surface area contributed by atoms with Crippen LogP contribution in [0.4, 0.5) is 4.39 Å². The SMILES string of the molecule is COCC(Cl)CN(C)Cc1cc(F)ccc1C. The standard InChI is InChI=1S/C13H19ClFNO/c1-10-4-5-13(15)6-11(10)7-16(2)8-12(14)9-17-3/h4-6,12H,7-9H2,1-3H3. The van der Waals surface area contributed by atoms with Crippen LogP contribution in [0.1, 0.15) is 11.1 Å². The van der Waals surface area contributed by atoms with E-state index in [2.05, 4.69) is 4.90 Å². The highest BCUT2D eigenvalue weighted by molar-refractivity contribution is 6.20. The lowest BCUT2D eigenvalue weighted by Gasteiger charge is -2.20. The first-order valence-electron chi connectivity index (χ1n) is 5.59. The molecule has 2 nitrogen and oxygen atoms in total. The molecule has 0 saturated carbocycles. The van der Waals surface area contributed by atoms with Crippen LogP contribution in [0.2, 0.25) is 0 Å². The van der Waals surface area contributed by atoms with Crippen LogP contribution < -0.4 is 0 Å². The van der Waals surface area contributed by atoms with Crippen LogP contribution in [0.15, 0.2) is 18.2 Å². The van der Waals surface area contributed by atoms with Gasteiger partial charge in [-0.15, -0.1) is 11.6 Å². The van der Waals surface area contributed by atoms with Gasteiger partial charge in [0.25, 0.3) is 0 Å². The number of hydrogen-bond donors (Lipinski definition) is 0. The Morgan fingerprint density at radius 2 is 2.18 bits per heavy atom. The predicted octanol–water partition coefficient (Wildman–Crippen LogP) is 2.82. The maximum atomic E-state index is 13.1. The maximum Gasteiger partial charge on any atom is 0.123 e. The van der Waals surface area contributed by atoms with E-state index in [-0.39, 0.29) is 11.2 Å². The van der Waals surface area contributed by atoms with Gasteiger partial charge in [-0.05, 0) is 37.2 Å². The highest BCUT2D eigenvalue weighted by Crippen LogP contribution is 2.13. The Hall–Kier alpha value is -0.640. The van der Waals surface area contributed by atoms with E-state index >= 15 is 0 Å². The predicted molar refractivity (Wildman–Crippen MR) is 69.0 cm³/mol. The van der Waals surface area contributed by atoms with E-state index in [1.165, 1.54) is 6.07 Å². The smallest absolute Gasteiger partial charge is 0.123 e. The first-order chi connectivity index (χ1) is 8.02. The van der Waals surface area contributed by atoms with Crippen LogP contribution in [0.3, 0.4) is 0 Å². The monoisotopic (exact) mass is 259 g/mol. The summed E-state index contributed by atoms with van der Waals surface area (Å²) < 4.78 is 18.1. The number of halogens is 2. The molecule has 0 aliphatic rings. The summed E-state index contributed by atoms with van der Waals surface area (Å²) in [6.45, 7) is 3.91. The second-order valence-corrected chi connectivity index (χ2v) is 4.94. The number of hydrogen-bond acceptors (Lipinski definition) is 2. The van der Waals surface area contributed by atoms with Gasteiger partial charge in [0, 0.05) is 20.2 Å². The first-order valence-corrected chi connectivity index (χ1v) is 6.03. The molecule has 96 valence electrons. The van der Waals surface area contributed by atoms with Crippen molar-refractivity contribution in [1.82, 2.24) is 4.90 Å².